The third-order valence-corrected chi connectivity index (χ3v) is 5.86. The third-order valence-electron chi connectivity index (χ3n) is 5.86. The first-order valence-electron chi connectivity index (χ1n) is 11.5. The smallest absolute Gasteiger partial charge is 0.272 e. The highest BCUT2D eigenvalue weighted by atomic mass is 16.5. The Morgan fingerprint density at radius 1 is 1.12 bits per heavy atom. The Morgan fingerprint density at radius 3 is 2.56 bits per heavy atom. The number of carbonyl (C=O) groups is 3. The van der Waals surface area contributed by atoms with Crippen molar-refractivity contribution in [3.05, 3.63) is 54.6 Å². The Morgan fingerprint density at radius 2 is 1.85 bits per heavy atom. The number of aliphatic hydroxyl groups excluding tert-OH is 1. The molecule has 0 spiro atoms. The van der Waals surface area contributed by atoms with Gasteiger partial charge in [0.1, 0.15) is 23.6 Å². The number of hydrogen-bond acceptors (Lipinski definition) is 6. The average molecular weight is 470 g/mol. The van der Waals surface area contributed by atoms with Crippen molar-refractivity contribution in [2.75, 3.05) is 11.9 Å². The molecule has 0 radical (unpaired) electrons. The van der Waals surface area contributed by atoms with Crippen LogP contribution in [0.1, 0.15) is 39.0 Å². The summed E-state index contributed by atoms with van der Waals surface area (Å²) in [5.74, 6) is -1.67. The number of ether oxygens (including phenoxy) is 1. The average Bonchev–Trinajstić information content (AvgIpc) is 3.34. The maximum Gasteiger partial charge on any atom is 0.272 e. The number of carbonyl (C=O) groups excluding carboxylic acids is 3. The van der Waals surface area contributed by atoms with E-state index in [-0.39, 0.29) is 12.3 Å². The summed E-state index contributed by atoms with van der Waals surface area (Å²) in [5, 5.41) is 22.0. The van der Waals surface area contributed by atoms with Crippen molar-refractivity contribution in [2.24, 2.45) is 5.92 Å². The lowest BCUT2D eigenvalue weighted by molar-refractivity contribution is -0.152. The second kappa shape index (κ2) is 12.2. The van der Waals surface area contributed by atoms with Crippen LogP contribution in [-0.4, -0.2) is 51.6 Å². The Balaban J connectivity index is 1.70. The van der Waals surface area contributed by atoms with Crippen molar-refractivity contribution < 1.29 is 29.4 Å². The number of para-hydroxylation sites is 1. The van der Waals surface area contributed by atoms with Crippen LogP contribution < -0.4 is 15.5 Å². The van der Waals surface area contributed by atoms with Crippen molar-refractivity contribution in [1.82, 2.24) is 10.4 Å². The summed E-state index contributed by atoms with van der Waals surface area (Å²) in [6, 6.07) is 15.5. The molecule has 9 nitrogen and oxygen atoms in total. The molecule has 2 aromatic carbocycles. The number of likely N-dealkylation sites (tertiary alicyclic amines) is 1. The van der Waals surface area contributed by atoms with Gasteiger partial charge in [0.15, 0.2) is 0 Å². The topological polar surface area (TPSA) is 128 Å². The molecule has 3 atom stereocenters. The third kappa shape index (κ3) is 6.33. The summed E-state index contributed by atoms with van der Waals surface area (Å²) in [5.41, 5.74) is 1.93. The van der Waals surface area contributed by atoms with Crippen molar-refractivity contribution in [3.8, 4) is 11.5 Å². The lowest BCUT2D eigenvalue weighted by atomic mass is 9.93. The van der Waals surface area contributed by atoms with Gasteiger partial charge in [-0.1, -0.05) is 44.0 Å². The van der Waals surface area contributed by atoms with Crippen molar-refractivity contribution in [1.29, 1.82) is 0 Å². The second-order valence-corrected chi connectivity index (χ2v) is 8.29. The van der Waals surface area contributed by atoms with E-state index in [2.05, 4.69) is 5.32 Å². The lowest BCUT2D eigenvalue weighted by Crippen LogP contribution is -2.50. The number of benzene rings is 2. The molecule has 2 aromatic rings. The van der Waals surface area contributed by atoms with Crippen LogP contribution in [0.5, 0.6) is 11.5 Å². The minimum atomic E-state index is -1.69. The number of unbranched alkanes of at least 4 members (excludes halogenated alkanes) is 1. The highest BCUT2D eigenvalue weighted by Gasteiger charge is 2.41. The van der Waals surface area contributed by atoms with E-state index in [0.29, 0.717) is 43.0 Å². The molecule has 34 heavy (non-hydrogen) atoms. The molecule has 4 N–H and O–H groups in total. The number of nitrogens with one attached hydrogen (secondary N) is 2. The number of nitrogens with zero attached hydrogens (tertiary/aromatic N) is 1. The Hall–Kier alpha value is -3.43. The van der Waals surface area contributed by atoms with Crippen LogP contribution >= 0.6 is 0 Å². The number of anilines is 1. The second-order valence-electron chi connectivity index (χ2n) is 8.29. The van der Waals surface area contributed by atoms with Gasteiger partial charge >= 0.3 is 0 Å². The lowest BCUT2D eigenvalue weighted by Gasteiger charge is -2.30. The monoisotopic (exact) mass is 469 g/mol. The van der Waals surface area contributed by atoms with Crippen LogP contribution in [0.2, 0.25) is 0 Å². The van der Waals surface area contributed by atoms with Crippen molar-refractivity contribution in [2.45, 2.75) is 51.2 Å². The summed E-state index contributed by atoms with van der Waals surface area (Å²) in [7, 11) is 0. The van der Waals surface area contributed by atoms with E-state index < -0.39 is 29.9 Å². The zero-order chi connectivity index (χ0) is 24.5. The molecule has 1 aliphatic heterocycles. The van der Waals surface area contributed by atoms with Crippen LogP contribution in [0, 0.1) is 5.92 Å². The molecule has 3 rings (SSSR count). The molecular formula is C25H31N3O6. The maximum atomic E-state index is 13.2. The standard InChI is InChI=1S/C25H31N3O6/c1-2-3-13-20(22(29)24(31)27-33)25(32)28-15-8-14-21(28)23(30)26-17-9-7-12-19(16-17)34-18-10-5-4-6-11-18/h4-7,9-12,16,20-22,29,33H,2-3,8,13-15H2,1H3,(H,26,30)(H,27,31)/t20-,21+,22+/m1/s1. The van der Waals surface area contributed by atoms with Crippen LogP contribution in [-0.2, 0) is 14.4 Å². The van der Waals surface area contributed by atoms with E-state index in [4.69, 9.17) is 9.94 Å². The quantitative estimate of drug-likeness (QED) is 0.313. The first-order valence-corrected chi connectivity index (χ1v) is 11.5. The first kappa shape index (κ1) is 25.2. The molecule has 3 amide bonds. The van der Waals surface area contributed by atoms with Crippen molar-refractivity contribution >= 4 is 23.4 Å². The van der Waals surface area contributed by atoms with Gasteiger partial charge in [-0.2, -0.15) is 0 Å². The molecule has 0 aliphatic carbocycles. The molecule has 0 unspecified atom stereocenters. The Labute approximate surface area is 198 Å². The molecular weight excluding hydrogens is 438 g/mol. The number of aliphatic hydroxyl groups is 1. The van der Waals surface area contributed by atoms with Gasteiger partial charge in [0.2, 0.25) is 11.8 Å². The normalized spacial score (nSPS) is 17.0. The van der Waals surface area contributed by atoms with Crippen LogP contribution in [0.4, 0.5) is 5.69 Å². The van der Waals surface area contributed by atoms with Gasteiger partial charge < -0.3 is 20.1 Å². The fraction of sp³-hybridized carbons (Fsp3) is 0.400. The minimum absolute atomic E-state index is 0.271. The van der Waals surface area contributed by atoms with Gasteiger partial charge in [-0.3, -0.25) is 19.6 Å². The van der Waals surface area contributed by atoms with Crippen molar-refractivity contribution in [3.63, 3.8) is 0 Å². The summed E-state index contributed by atoms with van der Waals surface area (Å²) in [6.07, 6.45) is 1.06. The molecule has 1 heterocycles. The molecule has 1 aliphatic rings. The predicted molar refractivity (Wildman–Crippen MR) is 125 cm³/mol. The van der Waals surface area contributed by atoms with E-state index in [1.807, 2.05) is 37.3 Å². The number of amides is 3. The molecule has 0 bridgehead atoms. The number of hydrogen-bond donors (Lipinski definition) is 4. The number of hydroxylamine groups is 1. The highest BCUT2D eigenvalue weighted by molar-refractivity contribution is 5.98. The van der Waals surface area contributed by atoms with Crippen LogP contribution in [0.3, 0.4) is 0 Å². The zero-order valence-corrected chi connectivity index (χ0v) is 19.1. The maximum absolute atomic E-state index is 13.2. The summed E-state index contributed by atoms with van der Waals surface area (Å²) in [4.78, 5) is 39.5. The number of rotatable bonds is 10. The fourth-order valence-electron chi connectivity index (χ4n) is 4.09. The highest BCUT2D eigenvalue weighted by Crippen LogP contribution is 2.27. The van der Waals surface area contributed by atoms with E-state index in [0.717, 1.165) is 6.42 Å². The van der Waals surface area contributed by atoms with Crippen LogP contribution in [0.15, 0.2) is 54.6 Å². The molecule has 9 heteroatoms. The fourth-order valence-corrected chi connectivity index (χ4v) is 4.09. The van der Waals surface area contributed by atoms with E-state index >= 15 is 0 Å². The predicted octanol–water partition coefficient (Wildman–Crippen LogP) is 3.08. The van der Waals surface area contributed by atoms with Gasteiger partial charge in [0, 0.05) is 18.3 Å². The summed E-state index contributed by atoms with van der Waals surface area (Å²) < 4.78 is 5.81. The van der Waals surface area contributed by atoms with E-state index in [1.165, 1.54) is 10.4 Å². The molecule has 0 saturated carbocycles. The first-order chi connectivity index (χ1) is 16.4. The van der Waals surface area contributed by atoms with Crippen LogP contribution in [0.25, 0.3) is 0 Å². The Bertz CT molecular complexity index is 984. The molecule has 0 aromatic heterocycles. The summed E-state index contributed by atoms with van der Waals surface area (Å²) >= 11 is 0. The van der Waals surface area contributed by atoms with E-state index in [9.17, 15) is 19.5 Å². The minimum Gasteiger partial charge on any atom is -0.457 e. The van der Waals surface area contributed by atoms with Gasteiger partial charge in [-0.15, -0.1) is 0 Å². The largest absolute Gasteiger partial charge is 0.457 e. The molecule has 182 valence electrons. The van der Waals surface area contributed by atoms with Gasteiger partial charge in [-0.25, -0.2) is 5.48 Å². The SMILES string of the molecule is CCCC[C@@H](C(=O)N1CCC[C@H]1C(=O)Nc1cccc(Oc2ccccc2)c1)[C@H](O)C(=O)NO. The van der Waals surface area contributed by atoms with Gasteiger partial charge in [-0.05, 0) is 43.5 Å². The molecule has 1 saturated heterocycles. The molecule has 1 fully saturated rings. The van der Waals surface area contributed by atoms with Gasteiger partial charge in [0.25, 0.3) is 5.91 Å². The van der Waals surface area contributed by atoms with E-state index in [1.54, 1.807) is 24.3 Å². The zero-order valence-electron chi connectivity index (χ0n) is 19.1. The Kier molecular flexibility index (Phi) is 9.00. The summed E-state index contributed by atoms with van der Waals surface area (Å²) in [6.45, 7) is 2.28. The van der Waals surface area contributed by atoms with Gasteiger partial charge in [0.05, 0.1) is 5.92 Å².